The van der Waals surface area contributed by atoms with Crippen molar-refractivity contribution in [3.63, 3.8) is 0 Å². The smallest absolute Gasteiger partial charge is 0.0834 e. The van der Waals surface area contributed by atoms with Crippen LogP contribution in [-0.4, -0.2) is 48.0 Å². The average Bonchev–Trinajstić information content (AvgIpc) is 2.78. The lowest BCUT2D eigenvalue weighted by atomic mass is 10.0. The summed E-state index contributed by atoms with van der Waals surface area (Å²) in [5.41, 5.74) is 7.27. The highest BCUT2D eigenvalue weighted by atomic mass is 35.5. The third-order valence-corrected chi connectivity index (χ3v) is 4.03. The predicted molar refractivity (Wildman–Crippen MR) is 80.9 cm³/mol. The number of aromatic nitrogens is 2. The van der Waals surface area contributed by atoms with Crippen molar-refractivity contribution in [3.05, 3.63) is 16.9 Å². The van der Waals surface area contributed by atoms with E-state index in [-0.39, 0.29) is 12.1 Å². The van der Waals surface area contributed by atoms with Gasteiger partial charge in [0.2, 0.25) is 0 Å². The van der Waals surface area contributed by atoms with Gasteiger partial charge >= 0.3 is 0 Å². The van der Waals surface area contributed by atoms with Gasteiger partial charge < -0.3 is 15.4 Å². The highest BCUT2D eigenvalue weighted by Gasteiger charge is 2.23. The van der Waals surface area contributed by atoms with E-state index in [0.717, 1.165) is 44.7 Å². The predicted octanol–water partition coefficient (Wildman–Crippen LogP) is 2.06. The Bertz CT molecular complexity index is 415. The number of ether oxygens (including phenoxy) is 1. The summed E-state index contributed by atoms with van der Waals surface area (Å²) in [5.74, 6) is 0. The van der Waals surface area contributed by atoms with E-state index >= 15 is 0 Å². The molecule has 0 aliphatic carbocycles. The van der Waals surface area contributed by atoms with Gasteiger partial charge in [0.15, 0.2) is 0 Å². The van der Waals surface area contributed by atoms with E-state index in [1.165, 1.54) is 6.42 Å². The van der Waals surface area contributed by atoms with Crippen LogP contribution < -0.4 is 5.73 Å². The highest BCUT2D eigenvalue weighted by molar-refractivity contribution is 6.31. The molecule has 1 aliphatic heterocycles. The molecule has 6 heteroatoms. The summed E-state index contributed by atoms with van der Waals surface area (Å²) in [4.78, 5) is 2.12. The Hall–Kier alpha value is -0.620. The monoisotopic (exact) mass is 300 g/mol. The SMILES string of the molecule is CN(C)CCn1ncc(Cl)c1C(N)CC1CCCCO1. The molecule has 2 atom stereocenters. The summed E-state index contributed by atoms with van der Waals surface area (Å²) in [6.45, 7) is 2.57. The lowest BCUT2D eigenvalue weighted by molar-refractivity contribution is 0.00685. The molecule has 1 aliphatic rings. The van der Waals surface area contributed by atoms with E-state index in [1.807, 2.05) is 18.8 Å². The van der Waals surface area contributed by atoms with Gasteiger partial charge in [0, 0.05) is 13.2 Å². The summed E-state index contributed by atoms with van der Waals surface area (Å²) >= 11 is 6.26. The molecule has 5 nitrogen and oxygen atoms in total. The summed E-state index contributed by atoms with van der Waals surface area (Å²) < 4.78 is 7.69. The zero-order valence-corrected chi connectivity index (χ0v) is 13.1. The Morgan fingerprint density at radius 3 is 3.00 bits per heavy atom. The van der Waals surface area contributed by atoms with Gasteiger partial charge in [0.1, 0.15) is 0 Å². The van der Waals surface area contributed by atoms with Gasteiger partial charge in [-0.25, -0.2) is 0 Å². The molecular formula is C14H25ClN4O. The van der Waals surface area contributed by atoms with E-state index < -0.39 is 0 Å². The molecule has 2 unspecified atom stereocenters. The molecular weight excluding hydrogens is 276 g/mol. The Labute approximate surface area is 126 Å². The zero-order valence-electron chi connectivity index (χ0n) is 12.4. The van der Waals surface area contributed by atoms with Gasteiger partial charge in [-0.2, -0.15) is 5.10 Å². The fourth-order valence-corrected chi connectivity index (χ4v) is 2.88. The van der Waals surface area contributed by atoms with Crippen LogP contribution in [-0.2, 0) is 11.3 Å². The minimum absolute atomic E-state index is 0.115. The van der Waals surface area contributed by atoms with Gasteiger partial charge in [-0.1, -0.05) is 11.6 Å². The molecule has 20 heavy (non-hydrogen) atoms. The summed E-state index contributed by atoms with van der Waals surface area (Å²) in [6.07, 6.45) is 6.24. The minimum atomic E-state index is -0.115. The standard InChI is InChI=1S/C14H25ClN4O/c1-18(2)6-7-19-14(12(15)10-17-19)13(16)9-11-5-3-4-8-20-11/h10-11,13H,3-9,16H2,1-2H3. The number of nitrogens with two attached hydrogens (primary N) is 1. The van der Waals surface area contributed by atoms with Crippen LogP contribution in [0.25, 0.3) is 0 Å². The second kappa shape index (κ2) is 7.41. The number of nitrogens with zero attached hydrogens (tertiary/aromatic N) is 3. The van der Waals surface area contributed by atoms with Crippen molar-refractivity contribution in [3.8, 4) is 0 Å². The maximum absolute atomic E-state index is 6.34. The Kier molecular flexibility index (Phi) is 5.84. The Balaban J connectivity index is 2.00. The van der Waals surface area contributed by atoms with Gasteiger partial charge in [-0.05, 0) is 39.8 Å². The van der Waals surface area contributed by atoms with Crippen molar-refractivity contribution in [2.45, 2.75) is 44.4 Å². The molecule has 0 bridgehead atoms. The largest absolute Gasteiger partial charge is 0.378 e. The molecule has 0 amide bonds. The number of rotatable bonds is 6. The second-order valence-electron chi connectivity index (χ2n) is 5.73. The van der Waals surface area contributed by atoms with Crippen LogP contribution in [0.3, 0.4) is 0 Å². The normalized spacial score (nSPS) is 21.4. The van der Waals surface area contributed by atoms with Gasteiger partial charge in [-0.15, -0.1) is 0 Å². The third kappa shape index (κ3) is 4.19. The first-order valence-electron chi connectivity index (χ1n) is 7.31. The summed E-state index contributed by atoms with van der Waals surface area (Å²) in [6, 6.07) is -0.115. The number of hydrogen-bond donors (Lipinski definition) is 1. The molecule has 0 spiro atoms. The second-order valence-corrected chi connectivity index (χ2v) is 6.14. The number of halogens is 1. The third-order valence-electron chi connectivity index (χ3n) is 3.73. The minimum Gasteiger partial charge on any atom is -0.378 e. The zero-order chi connectivity index (χ0) is 14.5. The molecule has 2 rings (SSSR count). The molecule has 0 radical (unpaired) electrons. The van der Waals surface area contributed by atoms with Crippen LogP contribution in [0.4, 0.5) is 0 Å². The molecule has 1 fully saturated rings. The van der Waals surface area contributed by atoms with E-state index in [4.69, 9.17) is 22.1 Å². The van der Waals surface area contributed by atoms with Gasteiger partial charge in [0.25, 0.3) is 0 Å². The number of likely N-dealkylation sites (N-methyl/N-ethyl adjacent to an activating group) is 1. The van der Waals surface area contributed by atoms with Crippen molar-refractivity contribution >= 4 is 11.6 Å². The summed E-state index contributed by atoms with van der Waals surface area (Å²) in [5, 5.41) is 5.00. The topological polar surface area (TPSA) is 56.3 Å². The van der Waals surface area contributed by atoms with Gasteiger partial charge in [-0.3, -0.25) is 4.68 Å². The first-order valence-corrected chi connectivity index (χ1v) is 7.69. The fourth-order valence-electron chi connectivity index (χ4n) is 2.60. The van der Waals surface area contributed by atoms with Crippen LogP contribution in [0.5, 0.6) is 0 Å². The fraction of sp³-hybridized carbons (Fsp3) is 0.786. The highest BCUT2D eigenvalue weighted by Crippen LogP contribution is 2.27. The lowest BCUT2D eigenvalue weighted by Crippen LogP contribution is -2.28. The quantitative estimate of drug-likeness (QED) is 0.874. The van der Waals surface area contributed by atoms with Crippen LogP contribution in [0, 0.1) is 0 Å². The van der Waals surface area contributed by atoms with Crippen molar-refractivity contribution in [1.82, 2.24) is 14.7 Å². The maximum atomic E-state index is 6.34. The first kappa shape index (κ1) is 15.8. The van der Waals surface area contributed by atoms with Crippen LogP contribution in [0.15, 0.2) is 6.20 Å². The van der Waals surface area contributed by atoms with E-state index in [1.54, 1.807) is 6.20 Å². The molecule has 114 valence electrons. The van der Waals surface area contributed by atoms with E-state index in [0.29, 0.717) is 5.02 Å². The Morgan fingerprint density at radius 1 is 1.55 bits per heavy atom. The van der Waals surface area contributed by atoms with Crippen molar-refractivity contribution in [2.75, 3.05) is 27.2 Å². The van der Waals surface area contributed by atoms with Crippen molar-refractivity contribution < 1.29 is 4.74 Å². The Morgan fingerprint density at radius 2 is 2.35 bits per heavy atom. The van der Waals surface area contributed by atoms with E-state index in [2.05, 4.69) is 10.00 Å². The van der Waals surface area contributed by atoms with Crippen molar-refractivity contribution in [2.24, 2.45) is 5.73 Å². The molecule has 1 aromatic rings. The summed E-state index contributed by atoms with van der Waals surface area (Å²) in [7, 11) is 4.08. The van der Waals surface area contributed by atoms with Gasteiger partial charge in [0.05, 0.1) is 35.6 Å². The van der Waals surface area contributed by atoms with Crippen LogP contribution in [0.2, 0.25) is 5.02 Å². The molecule has 0 aromatic carbocycles. The van der Waals surface area contributed by atoms with Crippen LogP contribution >= 0.6 is 11.6 Å². The molecule has 1 aromatic heterocycles. The molecule has 1 saturated heterocycles. The lowest BCUT2D eigenvalue weighted by Gasteiger charge is -2.26. The first-order chi connectivity index (χ1) is 9.58. The van der Waals surface area contributed by atoms with Crippen LogP contribution in [0.1, 0.15) is 37.4 Å². The molecule has 0 saturated carbocycles. The average molecular weight is 301 g/mol. The molecule has 2 heterocycles. The maximum Gasteiger partial charge on any atom is 0.0834 e. The number of hydrogen-bond acceptors (Lipinski definition) is 4. The van der Waals surface area contributed by atoms with E-state index in [9.17, 15) is 0 Å². The van der Waals surface area contributed by atoms with Crippen molar-refractivity contribution in [1.29, 1.82) is 0 Å². The molecule has 2 N–H and O–H groups in total.